The van der Waals surface area contributed by atoms with Crippen LogP contribution in [0.4, 0.5) is 0 Å². The van der Waals surface area contributed by atoms with Gasteiger partial charge in [0.05, 0.1) is 6.10 Å². The number of carboxylic acids is 2. The summed E-state index contributed by atoms with van der Waals surface area (Å²) >= 11 is 0. The molecule has 94 valence electrons. The van der Waals surface area contributed by atoms with Crippen molar-refractivity contribution in [2.45, 2.75) is 37.3 Å². The topological polar surface area (TPSA) is 156 Å². The molecule has 0 spiro atoms. The Morgan fingerprint density at radius 2 is 1.44 bits per heavy atom. The molecule has 6 N–H and O–H groups in total. The molecule has 0 amide bonds. The van der Waals surface area contributed by atoms with Gasteiger partial charge < -0.3 is 30.6 Å². The molecule has 4 unspecified atom stereocenters. The smallest absolute Gasteiger partial charge is 0.335 e. The van der Waals surface area contributed by atoms with Crippen molar-refractivity contribution in [3.05, 3.63) is 0 Å². The van der Waals surface area contributed by atoms with Crippen LogP contribution >= 0.6 is 0 Å². The van der Waals surface area contributed by atoms with E-state index in [0.29, 0.717) is 0 Å². The molecule has 0 saturated heterocycles. The molecule has 0 aromatic rings. The minimum absolute atomic E-state index is 0.361. The number of aliphatic carboxylic acids is 2. The molecule has 0 fully saturated rings. The number of aliphatic hydroxyl groups is 4. The zero-order valence-electron chi connectivity index (χ0n) is 8.22. The second-order valence-electron chi connectivity index (χ2n) is 3.26. The van der Waals surface area contributed by atoms with Gasteiger partial charge in [-0.25, -0.2) is 4.79 Å². The monoisotopic (exact) mass is 238 g/mol. The van der Waals surface area contributed by atoms with Gasteiger partial charge in [-0.15, -0.1) is 0 Å². The molecule has 0 bridgehead atoms. The van der Waals surface area contributed by atoms with Crippen molar-refractivity contribution in [2.24, 2.45) is 0 Å². The number of hydrogen-bond donors (Lipinski definition) is 6. The van der Waals surface area contributed by atoms with Crippen LogP contribution in [-0.4, -0.2) is 67.0 Å². The van der Waals surface area contributed by atoms with E-state index in [9.17, 15) is 19.8 Å². The maximum atomic E-state index is 10.2. The molecule has 0 saturated carbocycles. The second-order valence-corrected chi connectivity index (χ2v) is 3.26. The van der Waals surface area contributed by atoms with Crippen LogP contribution in [0.2, 0.25) is 0 Å². The first-order valence-corrected chi connectivity index (χ1v) is 4.44. The standard InChI is InChI=1S/C8H14O8/c9-3(1-2-4(10)11)5(12)6(13)7(14)8(15)16/h3,5-7,9,12-14H,1-2H2,(H,10,11)(H,15,16). The Morgan fingerprint density at radius 3 is 1.81 bits per heavy atom. The lowest BCUT2D eigenvalue weighted by Crippen LogP contribution is -2.47. The summed E-state index contributed by atoms with van der Waals surface area (Å²) in [5.74, 6) is -2.96. The number of carboxylic acid groups (broad SMARTS) is 2. The third kappa shape index (κ3) is 4.53. The van der Waals surface area contributed by atoms with Crippen LogP contribution in [0, 0.1) is 0 Å². The number of aliphatic hydroxyl groups excluding tert-OH is 4. The lowest BCUT2D eigenvalue weighted by Gasteiger charge is -2.24. The van der Waals surface area contributed by atoms with Crippen LogP contribution in [0.3, 0.4) is 0 Å². The van der Waals surface area contributed by atoms with Gasteiger partial charge in [0.15, 0.2) is 6.10 Å². The van der Waals surface area contributed by atoms with Gasteiger partial charge in [-0.05, 0) is 6.42 Å². The number of carbonyl (C=O) groups is 2. The third-order valence-corrected chi connectivity index (χ3v) is 1.97. The SMILES string of the molecule is O=C(O)CCC(O)C(O)C(O)C(O)C(=O)O. The van der Waals surface area contributed by atoms with Crippen LogP contribution in [0.5, 0.6) is 0 Å². The average molecular weight is 238 g/mol. The molecule has 8 nitrogen and oxygen atoms in total. The largest absolute Gasteiger partial charge is 0.481 e. The molecule has 0 aliphatic heterocycles. The highest BCUT2D eigenvalue weighted by Crippen LogP contribution is 2.10. The molecule has 8 heteroatoms. The van der Waals surface area contributed by atoms with Gasteiger partial charge in [0.2, 0.25) is 0 Å². The maximum absolute atomic E-state index is 10.2. The number of rotatable bonds is 7. The highest BCUT2D eigenvalue weighted by atomic mass is 16.4. The maximum Gasteiger partial charge on any atom is 0.335 e. The highest BCUT2D eigenvalue weighted by molar-refractivity contribution is 5.72. The lowest BCUT2D eigenvalue weighted by atomic mass is 10.00. The van der Waals surface area contributed by atoms with E-state index in [2.05, 4.69) is 0 Å². The van der Waals surface area contributed by atoms with E-state index in [-0.39, 0.29) is 6.42 Å². The summed E-state index contributed by atoms with van der Waals surface area (Å²) in [6.45, 7) is 0. The molecule has 0 aliphatic rings. The minimum Gasteiger partial charge on any atom is -0.481 e. The van der Waals surface area contributed by atoms with Gasteiger partial charge in [0.25, 0.3) is 0 Å². The quantitative estimate of drug-likeness (QED) is 0.281. The normalized spacial score (nSPS) is 18.5. The van der Waals surface area contributed by atoms with Crippen molar-refractivity contribution < 1.29 is 40.2 Å². The van der Waals surface area contributed by atoms with Crippen LogP contribution in [0.15, 0.2) is 0 Å². The molecule has 16 heavy (non-hydrogen) atoms. The van der Waals surface area contributed by atoms with E-state index >= 15 is 0 Å². The van der Waals surface area contributed by atoms with Crippen LogP contribution in [0.25, 0.3) is 0 Å². The fourth-order valence-electron chi connectivity index (χ4n) is 1.00. The summed E-state index contributed by atoms with van der Waals surface area (Å²) in [5, 5.41) is 52.9. The first-order valence-electron chi connectivity index (χ1n) is 4.44. The molecule has 0 heterocycles. The van der Waals surface area contributed by atoms with Gasteiger partial charge in [0.1, 0.15) is 12.2 Å². The molecule has 0 radical (unpaired) electrons. The fraction of sp³-hybridized carbons (Fsp3) is 0.750. The molecular formula is C8H14O8. The van der Waals surface area contributed by atoms with Gasteiger partial charge in [-0.1, -0.05) is 0 Å². The summed E-state index contributed by atoms with van der Waals surface area (Å²) in [6, 6.07) is 0. The molecule has 0 aromatic heterocycles. The molecule has 4 atom stereocenters. The van der Waals surface area contributed by atoms with Crippen LogP contribution in [0.1, 0.15) is 12.8 Å². The Labute approximate surface area is 90.4 Å². The zero-order valence-corrected chi connectivity index (χ0v) is 8.22. The second kappa shape index (κ2) is 6.38. The minimum atomic E-state index is -2.24. The summed E-state index contributed by atoms with van der Waals surface area (Å²) in [7, 11) is 0. The van der Waals surface area contributed by atoms with Gasteiger partial charge in [-0.3, -0.25) is 4.79 Å². The summed E-state index contributed by atoms with van der Waals surface area (Å²) < 4.78 is 0. The van der Waals surface area contributed by atoms with Gasteiger partial charge in [0, 0.05) is 6.42 Å². The van der Waals surface area contributed by atoms with Crippen molar-refractivity contribution in [2.75, 3.05) is 0 Å². The average Bonchev–Trinajstić information content (AvgIpc) is 2.22. The summed E-state index contributed by atoms with van der Waals surface area (Å²) in [4.78, 5) is 20.4. The van der Waals surface area contributed by atoms with Crippen molar-refractivity contribution in [1.82, 2.24) is 0 Å². The Balaban J connectivity index is 4.25. The van der Waals surface area contributed by atoms with E-state index in [1.165, 1.54) is 0 Å². The Hall–Kier alpha value is -1.22. The predicted molar refractivity (Wildman–Crippen MR) is 48.5 cm³/mol. The van der Waals surface area contributed by atoms with Crippen LogP contribution in [-0.2, 0) is 9.59 Å². The van der Waals surface area contributed by atoms with E-state index in [1.54, 1.807) is 0 Å². The third-order valence-electron chi connectivity index (χ3n) is 1.97. The molecular weight excluding hydrogens is 224 g/mol. The fourth-order valence-corrected chi connectivity index (χ4v) is 1.00. The summed E-state index contributed by atoms with van der Waals surface area (Å²) in [5.41, 5.74) is 0. The van der Waals surface area contributed by atoms with Crippen molar-refractivity contribution in [1.29, 1.82) is 0 Å². The highest BCUT2D eigenvalue weighted by Gasteiger charge is 2.34. The lowest BCUT2D eigenvalue weighted by molar-refractivity contribution is -0.163. The number of hydrogen-bond acceptors (Lipinski definition) is 6. The van der Waals surface area contributed by atoms with E-state index in [0.717, 1.165) is 0 Å². The van der Waals surface area contributed by atoms with Crippen molar-refractivity contribution in [3.8, 4) is 0 Å². The predicted octanol–water partition coefficient (Wildman–Crippen LogP) is -2.62. The van der Waals surface area contributed by atoms with Crippen molar-refractivity contribution >= 4 is 11.9 Å². The Bertz CT molecular complexity index is 252. The first kappa shape index (κ1) is 14.8. The first-order chi connectivity index (χ1) is 7.27. The van der Waals surface area contributed by atoms with Gasteiger partial charge >= 0.3 is 11.9 Å². The summed E-state index contributed by atoms with van der Waals surface area (Å²) in [6.07, 6.45) is -8.69. The van der Waals surface area contributed by atoms with E-state index in [4.69, 9.17) is 20.4 Å². The zero-order chi connectivity index (χ0) is 12.9. The Morgan fingerprint density at radius 1 is 0.938 bits per heavy atom. The van der Waals surface area contributed by atoms with E-state index in [1.807, 2.05) is 0 Å². The molecule has 0 aromatic carbocycles. The molecule has 0 aliphatic carbocycles. The molecule has 0 rings (SSSR count). The van der Waals surface area contributed by atoms with Gasteiger partial charge in [-0.2, -0.15) is 0 Å². The van der Waals surface area contributed by atoms with Crippen molar-refractivity contribution in [3.63, 3.8) is 0 Å². The van der Waals surface area contributed by atoms with Crippen LogP contribution < -0.4 is 0 Å². The van der Waals surface area contributed by atoms with E-state index < -0.39 is 42.8 Å². The Kier molecular flexibility index (Phi) is 5.89.